The lowest BCUT2D eigenvalue weighted by Gasteiger charge is -2.12. The molecule has 6 nitrogen and oxygen atoms in total. The summed E-state index contributed by atoms with van der Waals surface area (Å²) >= 11 is 1.29. The number of methoxy groups -OCH3 is 1. The van der Waals surface area contributed by atoms with Crippen molar-refractivity contribution in [2.45, 2.75) is 6.54 Å². The average molecular weight is 417 g/mol. The van der Waals surface area contributed by atoms with Crippen molar-refractivity contribution in [2.24, 2.45) is 10.2 Å². The van der Waals surface area contributed by atoms with Gasteiger partial charge in [-0.2, -0.15) is 5.10 Å². The van der Waals surface area contributed by atoms with E-state index in [1.54, 1.807) is 30.6 Å². The minimum Gasteiger partial charge on any atom is -0.496 e. The molecule has 0 N–H and O–H groups in total. The van der Waals surface area contributed by atoms with Gasteiger partial charge in [0.2, 0.25) is 0 Å². The number of carbonyl (C=O) groups is 1. The molecule has 3 aromatic rings. The van der Waals surface area contributed by atoms with Crippen LogP contribution in [0.1, 0.15) is 16.9 Å². The number of carbonyl (C=O) groups excluding carboxylic acids is 1. The molecule has 150 valence electrons. The molecular weight excluding hydrogens is 398 g/mol. The van der Waals surface area contributed by atoms with Gasteiger partial charge >= 0.3 is 0 Å². The Labute approximate surface area is 178 Å². The van der Waals surface area contributed by atoms with E-state index < -0.39 is 0 Å². The molecule has 0 spiro atoms. The van der Waals surface area contributed by atoms with Crippen LogP contribution < -0.4 is 4.74 Å². The molecule has 1 fully saturated rings. The van der Waals surface area contributed by atoms with Crippen molar-refractivity contribution in [3.63, 3.8) is 0 Å². The van der Waals surface area contributed by atoms with Crippen molar-refractivity contribution in [2.75, 3.05) is 7.11 Å². The van der Waals surface area contributed by atoms with Crippen molar-refractivity contribution in [1.82, 2.24) is 4.90 Å². The van der Waals surface area contributed by atoms with Gasteiger partial charge in [0.05, 0.1) is 31.0 Å². The van der Waals surface area contributed by atoms with Crippen molar-refractivity contribution in [3.8, 4) is 5.75 Å². The monoisotopic (exact) mass is 417 g/mol. The maximum absolute atomic E-state index is 13.0. The van der Waals surface area contributed by atoms with Crippen LogP contribution in [0.4, 0.5) is 0 Å². The van der Waals surface area contributed by atoms with Crippen LogP contribution >= 0.6 is 11.8 Å². The lowest BCUT2D eigenvalue weighted by Crippen LogP contribution is -2.28. The Bertz CT molecular complexity index is 1110. The van der Waals surface area contributed by atoms with Crippen LogP contribution in [0.2, 0.25) is 0 Å². The molecule has 1 aliphatic rings. The van der Waals surface area contributed by atoms with Gasteiger partial charge in [-0.3, -0.25) is 9.69 Å². The molecule has 4 rings (SSSR count). The van der Waals surface area contributed by atoms with E-state index in [1.165, 1.54) is 11.8 Å². The Balaban J connectivity index is 1.62. The van der Waals surface area contributed by atoms with E-state index >= 15 is 0 Å². The van der Waals surface area contributed by atoms with E-state index in [2.05, 4.69) is 10.2 Å². The molecule has 1 amide bonds. The highest BCUT2D eigenvalue weighted by Crippen LogP contribution is 2.33. The van der Waals surface area contributed by atoms with Gasteiger partial charge in [-0.15, -0.1) is 5.10 Å². The summed E-state index contributed by atoms with van der Waals surface area (Å²) < 4.78 is 10.7. The van der Waals surface area contributed by atoms with Gasteiger partial charge in [0.25, 0.3) is 5.91 Å². The van der Waals surface area contributed by atoms with E-state index in [0.717, 1.165) is 11.1 Å². The van der Waals surface area contributed by atoms with Crippen LogP contribution in [0.3, 0.4) is 0 Å². The molecule has 2 heterocycles. The predicted octanol–water partition coefficient (Wildman–Crippen LogP) is 4.79. The van der Waals surface area contributed by atoms with Crippen molar-refractivity contribution < 1.29 is 13.9 Å². The highest BCUT2D eigenvalue weighted by Gasteiger charge is 2.34. The Hall–Kier alpha value is -3.58. The second-order valence-electron chi connectivity index (χ2n) is 6.36. The topological polar surface area (TPSA) is 67.4 Å². The number of para-hydroxylation sites is 1. The summed E-state index contributed by atoms with van der Waals surface area (Å²) in [5, 5.41) is 9.00. The zero-order valence-electron chi connectivity index (χ0n) is 16.3. The third kappa shape index (κ3) is 4.52. The minimum atomic E-state index is -0.133. The Morgan fingerprint density at radius 1 is 1.07 bits per heavy atom. The third-order valence-electron chi connectivity index (χ3n) is 4.36. The molecular formula is C23H19N3O3S. The standard InChI is InChI=1S/C23H19N3O3S/c1-28-20-12-6-5-10-18(20)15-24-25-23-26(16-19-11-7-13-29-19)22(27)21(30-23)14-17-8-3-2-4-9-17/h2-15H,16H2,1H3/b21-14-,24-15-,25-23+. The summed E-state index contributed by atoms with van der Waals surface area (Å²) in [6.45, 7) is 0.286. The highest BCUT2D eigenvalue weighted by molar-refractivity contribution is 8.18. The molecule has 0 unspecified atom stereocenters. The zero-order chi connectivity index (χ0) is 20.8. The molecule has 0 saturated carbocycles. The number of amides is 1. The van der Waals surface area contributed by atoms with Gasteiger partial charge in [0, 0.05) is 5.56 Å². The second kappa shape index (κ2) is 9.28. The highest BCUT2D eigenvalue weighted by atomic mass is 32.2. The number of benzene rings is 2. The number of hydrogen-bond donors (Lipinski definition) is 0. The van der Waals surface area contributed by atoms with Crippen molar-refractivity contribution in [1.29, 1.82) is 0 Å². The summed E-state index contributed by atoms with van der Waals surface area (Å²) in [5.41, 5.74) is 1.75. The summed E-state index contributed by atoms with van der Waals surface area (Å²) in [6.07, 6.45) is 5.05. The fourth-order valence-electron chi connectivity index (χ4n) is 2.89. The van der Waals surface area contributed by atoms with Crippen LogP contribution in [-0.4, -0.2) is 29.3 Å². The molecule has 0 bridgehead atoms. The fourth-order valence-corrected chi connectivity index (χ4v) is 3.83. The maximum atomic E-state index is 13.0. The molecule has 1 saturated heterocycles. The Morgan fingerprint density at radius 2 is 1.87 bits per heavy atom. The number of nitrogens with zero attached hydrogens (tertiary/aromatic N) is 3. The van der Waals surface area contributed by atoms with E-state index in [0.29, 0.717) is 21.6 Å². The zero-order valence-corrected chi connectivity index (χ0v) is 17.1. The van der Waals surface area contributed by atoms with Gasteiger partial charge in [0.15, 0.2) is 5.17 Å². The molecule has 1 aromatic heterocycles. The average Bonchev–Trinajstić information content (AvgIpc) is 3.39. The van der Waals surface area contributed by atoms with E-state index in [9.17, 15) is 4.79 Å². The number of hydrogen-bond acceptors (Lipinski definition) is 6. The first kappa shape index (κ1) is 19.7. The van der Waals surface area contributed by atoms with E-state index in [4.69, 9.17) is 9.15 Å². The van der Waals surface area contributed by atoms with Gasteiger partial charge < -0.3 is 9.15 Å². The number of furan rings is 1. The number of amidine groups is 1. The van der Waals surface area contributed by atoms with Crippen LogP contribution in [0.15, 0.2) is 92.5 Å². The SMILES string of the molecule is COc1ccccc1/C=N\N=C1\S/C(=C\c2ccccc2)C(=O)N1Cc1ccco1. The lowest BCUT2D eigenvalue weighted by molar-refractivity contribution is -0.122. The van der Waals surface area contributed by atoms with Gasteiger partial charge in [-0.1, -0.05) is 42.5 Å². The normalized spacial score (nSPS) is 16.8. The number of thioether (sulfide) groups is 1. The molecule has 30 heavy (non-hydrogen) atoms. The Morgan fingerprint density at radius 3 is 2.63 bits per heavy atom. The first-order valence-corrected chi connectivity index (χ1v) is 10.1. The third-order valence-corrected chi connectivity index (χ3v) is 5.36. The van der Waals surface area contributed by atoms with E-state index in [-0.39, 0.29) is 12.5 Å². The van der Waals surface area contributed by atoms with Crippen molar-refractivity contribution >= 4 is 35.1 Å². The van der Waals surface area contributed by atoms with Gasteiger partial charge in [-0.25, -0.2) is 0 Å². The quantitative estimate of drug-likeness (QED) is 0.328. The molecule has 0 radical (unpaired) electrons. The van der Waals surface area contributed by atoms with Crippen LogP contribution in [0.5, 0.6) is 5.75 Å². The first-order valence-electron chi connectivity index (χ1n) is 9.27. The summed E-state index contributed by atoms with van der Waals surface area (Å²) in [4.78, 5) is 15.2. The lowest BCUT2D eigenvalue weighted by atomic mass is 10.2. The fraction of sp³-hybridized carbons (Fsp3) is 0.0870. The molecule has 1 aliphatic heterocycles. The van der Waals surface area contributed by atoms with Crippen LogP contribution in [0.25, 0.3) is 6.08 Å². The maximum Gasteiger partial charge on any atom is 0.267 e. The number of rotatable bonds is 6. The molecule has 0 aliphatic carbocycles. The summed E-state index contributed by atoms with van der Waals surface area (Å²) in [5.74, 6) is 1.24. The molecule has 7 heteroatoms. The van der Waals surface area contributed by atoms with Gasteiger partial charge in [0.1, 0.15) is 11.5 Å². The summed E-state index contributed by atoms with van der Waals surface area (Å²) in [7, 11) is 1.61. The van der Waals surface area contributed by atoms with E-state index in [1.807, 2.05) is 66.7 Å². The number of ether oxygens (including phenoxy) is 1. The van der Waals surface area contributed by atoms with Crippen LogP contribution in [-0.2, 0) is 11.3 Å². The first-order chi connectivity index (χ1) is 14.7. The molecule has 0 atom stereocenters. The minimum absolute atomic E-state index is 0.133. The smallest absolute Gasteiger partial charge is 0.267 e. The predicted molar refractivity (Wildman–Crippen MR) is 119 cm³/mol. The molecule has 2 aromatic carbocycles. The second-order valence-corrected chi connectivity index (χ2v) is 7.37. The van der Waals surface area contributed by atoms with Crippen LogP contribution in [0, 0.1) is 0 Å². The van der Waals surface area contributed by atoms with Crippen molar-refractivity contribution in [3.05, 3.63) is 94.8 Å². The summed E-state index contributed by atoms with van der Waals surface area (Å²) in [6, 6.07) is 20.9. The largest absolute Gasteiger partial charge is 0.496 e. The Kier molecular flexibility index (Phi) is 6.10. The van der Waals surface area contributed by atoms with Gasteiger partial charge in [-0.05, 0) is 47.7 Å².